The Morgan fingerprint density at radius 2 is 0.931 bits per heavy atom. The third-order valence-corrected chi connectivity index (χ3v) is 9.11. The van der Waals surface area contributed by atoms with Crippen molar-refractivity contribution in [3.05, 3.63) is 0 Å². The van der Waals surface area contributed by atoms with Gasteiger partial charge >= 0.3 is 11.9 Å². The molecule has 0 radical (unpaired) electrons. The zero-order valence-corrected chi connectivity index (χ0v) is 17.9. The van der Waals surface area contributed by atoms with Crippen LogP contribution in [-0.4, -0.2) is 24.1 Å². The summed E-state index contributed by atoms with van der Waals surface area (Å²) < 4.78 is 12.3. The van der Waals surface area contributed by atoms with E-state index < -0.39 is 0 Å². The number of ether oxygens (including phenoxy) is 2. The smallest absolute Gasteiger partial charge is 0.309 e. The maximum Gasteiger partial charge on any atom is 0.309 e. The molecule has 0 amide bonds. The molecule has 0 aromatic rings. The first-order chi connectivity index (χ1) is 14.2. The first-order valence-corrected chi connectivity index (χ1v) is 12.6. The molecule has 0 saturated heterocycles. The molecule has 5 aliphatic carbocycles. The lowest BCUT2D eigenvalue weighted by molar-refractivity contribution is -0.184. The minimum Gasteiger partial charge on any atom is -0.458 e. The first kappa shape index (κ1) is 19.9. The maximum absolute atomic E-state index is 12.9. The highest BCUT2D eigenvalue weighted by molar-refractivity contribution is 5.74. The number of rotatable bonds is 4. The summed E-state index contributed by atoms with van der Waals surface area (Å²) in [6.07, 6.45) is 16.4. The van der Waals surface area contributed by atoms with Gasteiger partial charge in [0.15, 0.2) is 0 Å². The number of carbonyl (C=O) groups excluding carboxylic acids is 2. The molecule has 5 aliphatic rings. The van der Waals surface area contributed by atoms with E-state index >= 15 is 0 Å². The van der Waals surface area contributed by atoms with Gasteiger partial charge in [0.25, 0.3) is 0 Å². The van der Waals surface area contributed by atoms with E-state index in [4.69, 9.17) is 9.47 Å². The lowest BCUT2D eigenvalue weighted by atomic mass is 9.69. The Bertz CT molecular complexity index is 552. The van der Waals surface area contributed by atoms with Crippen molar-refractivity contribution < 1.29 is 19.1 Å². The van der Waals surface area contributed by atoms with Gasteiger partial charge < -0.3 is 9.47 Å². The van der Waals surface area contributed by atoms with E-state index in [1.54, 1.807) is 0 Å². The summed E-state index contributed by atoms with van der Waals surface area (Å²) in [5, 5.41) is 0. The molecule has 5 rings (SSSR count). The van der Waals surface area contributed by atoms with Crippen LogP contribution in [0.5, 0.6) is 0 Å². The minimum atomic E-state index is -0.211. The highest BCUT2D eigenvalue weighted by Crippen LogP contribution is 2.58. The van der Waals surface area contributed by atoms with Crippen LogP contribution < -0.4 is 0 Å². The molecular formula is C25H38O4. The van der Waals surface area contributed by atoms with E-state index in [2.05, 4.69) is 0 Å². The zero-order chi connectivity index (χ0) is 19.8. The Morgan fingerprint density at radius 1 is 0.517 bits per heavy atom. The van der Waals surface area contributed by atoms with Crippen molar-refractivity contribution in [3.8, 4) is 0 Å². The largest absolute Gasteiger partial charge is 0.458 e. The normalized spacial score (nSPS) is 40.4. The molecule has 0 aromatic heterocycles. The molecule has 29 heavy (non-hydrogen) atoms. The van der Waals surface area contributed by atoms with Gasteiger partial charge in [0.2, 0.25) is 0 Å². The molecule has 6 atom stereocenters. The van der Waals surface area contributed by atoms with Crippen LogP contribution in [-0.2, 0) is 19.1 Å². The molecule has 0 spiro atoms. The second kappa shape index (κ2) is 8.59. The predicted octanol–water partition coefficient (Wildman–Crippen LogP) is 5.43. The zero-order valence-electron chi connectivity index (χ0n) is 17.9. The van der Waals surface area contributed by atoms with Crippen molar-refractivity contribution in [1.82, 2.24) is 0 Å². The number of esters is 2. The van der Waals surface area contributed by atoms with Gasteiger partial charge in [-0.1, -0.05) is 38.5 Å². The molecule has 5 saturated carbocycles. The molecular weight excluding hydrogens is 364 g/mol. The number of carbonyl (C=O) groups is 2. The fourth-order valence-corrected chi connectivity index (χ4v) is 7.52. The first-order valence-electron chi connectivity index (χ1n) is 12.6. The summed E-state index contributed by atoms with van der Waals surface area (Å²) in [6, 6.07) is 0. The van der Waals surface area contributed by atoms with Gasteiger partial charge in [-0.2, -0.15) is 0 Å². The molecule has 0 aromatic carbocycles. The topological polar surface area (TPSA) is 52.6 Å². The molecule has 0 N–H and O–H groups in total. The summed E-state index contributed by atoms with van der Waals surface area (Å²) in [6.45, 7) is 0. The highest BCUT2D eigenvalue weighted by atomic mass is 16.6. The van der Waals surface area contributed by atoms with Gasteiger partial charge in [0, 0.05) is 0 Å². The van der Waals surface area contributed by atoms with E-state index in [9.17, 15) is 9.59 Å². The molecule has 0 aliphatic heterocycles. The lowest BCUT2D eigenvalue weighted by Gasteiger charge is -2.43. The summed E-state index contributed by atoms with van der Waals surface area (Å²) >= 11 is 0. The fourth-order valence-electron chi connectivity index (χ4n) is 7.52. The second-order valence-corrected chi connectivity index (χ2v) is 10.8. The molecule has 4 heteroatoms. The minimum absolute atomic E-state index is 0.0185. The van der Waals surface area contributed by atoms with Crippen molar-refractivity contribution >= 4 is 11.9 Å². The van der Waals surface area contributed by atoms with Gasteiger partial charge in [-0.3, -0.25) is 9.59 Å². The standard InChI is InChI=1S/C25H38O4/c26-24(16-7-3-1-4-8-16)28-22-14-20-18-11-12-19(13-18)21(20)15-23(22)29-25(27)17-9-5-2-6-10-17/h16-23H,1-15H2. The molecule has 162 valence electrons. The van der Waals surface area contributed by atoms with Gasteiger partial charge in [-0.25, -0.2) is 0 Å². The third-order valence-electron chi connectivity index (χ3n) is 9.11. The Morgan fingerprint density at radius 3 is 1.34 bits per heavy atom. The average Bonchev–Trinajstić information content (AvgIpc) is 3.37. The van der Waals surface area contributed by atoms with Crippen LogP contribution in [0.15, 0.2) is 0 Å². The summed E-state index contributed by atoms with van der Waals surface area (Å²) in [7, 11) is 0. The van der Waals surface area contributed by atoms with E-state index in [1.165, 1.54) is 32.1 Å². The molecule has 5 fully saturated rings. The van der Waals surface area contributed by atoms with E-state index in [1.807, 2.05) is 0 Å². The van der Waals surface area contributed by atoms with Gasteiger partial charge in [-0.15, -0.1) is 0 Å². The summed E-state index contributed by atoms with van der Waals surface area (Å²) in [4.78, 5) is 25.8. The van der Waals surface area contributed by atoms with Gasteiger partial charge in [-0.05, 0) is 81.5 Å². The number of hydrogen-bond donors (Lipinski definition) is 0. The van der Waals surface area contributed by atoms with Gasteiger partial charge in [0.1, 0.15) is 12.2 Å². The Kier molecular flexibility index (Phi) is 5.89. The number of fused-ring (bicyclic) bond motifs is 5. The fraction of sp³-hybridized carbons (Fsp3) is 0.920. The maximum atomic E-state index is 12.9. The Balaban J connectivity index is 1.27. The van der Waals surface area contributed by atoms with E-state index in [0.29, 0.717) is 11.8 Å². The number of hydrogen-bond acceptors (Lipinski definition) is 4. The van der Waals surface area contributed by atoms with Crippen LogP contribution in [0.1, 0.15) is 96.3 Å². The molecule has 2 bridgehead atoms. The molecule has 4 nitrogen and oxygen atoms in total. The average molecular weight is 403 g/mol. The van der Waals surface area contributed by atoms with Crippen LogP contribution in [0.25, 0.3) is 0 Å². The van der Waals surface area contributed by atoms with Crippen molar-refractivity contribution in [1.29, 1.82) is 0 Å². The summed E-state index contributed by atoms with van der Waals surface area (Å²) in [5.41, 5.74) is 0. The molecule has 6 unspecified atom stereocenters. The quantitative estimate of drug-likeness (QED) is 0.589. The van der Waals surface area contributed by atoms with Crippen molar-refractivity contribution in [2.75, 3.05) is 0 Å². The second-order valence-electron chi connectivity index (χ2n) is 10.8. The SMILES string of the molecule is O=C(OC1CC2C3CCC(C3)C2CC1OC(=O)C1CCCCC1)C1CCCCC1. The Hall–Kier alpha value is -1.06. The van der Waals surface area contributed by atoms with Crippen LogP contribution >= 0.6 is 0 Å². The van der Waals surface area contributed by atoms with Crippen molar-refractivity contribution in [2.24, 2.45) is 35.5 Å². The van der Waals surface area contributed by atoms with Crippen LogP contribution in [0.3, 0.4) is 0 Å². The predicted molar refractivity (Wildman–Crippen MR) is 110 cm³/mol. The van der Waals surface area contributed by atoms with Crippen LogP contribution in [0.2, 0.25) is 0 Å². The van der Waals surface area contributed by atoms with Gasteiger partial charge in [0.05, 0.1) is 11.8 Å². The van der Waals surface area contributed by atoms with E-state index in [-0.39, 0.29) is 36.0 Å². The van der Waals surface area contributed by atoms with E-state index in [0.717, 1.165) is 76.0 Å². The van der Waals surface area contributed by atoms with Crippen molar-refractivity contribution in [3.63, 3.8) is 0 Å². The van der Waals surface area contributed by atoms with Crippen LogP contribution in [0.4, 0.5) is 0 Å². The third kappa shape index (κ3) is 4.10. The van der Waals surface area contributed by atoms with Crippen molar-refractivity contribution in [2.45, 2.75) is 109 Å². The Labute approximate surface area is 175 Å². The lowest BCUT2D eigenvalue weighted by Crippen LogP contribution is -2.47. The summed E-state index contributed by atoms with van der Waals surface area (Å²) in [5.74, 6) is 3.09. The highest BCUT2D eigenvalue weighted by Gasteiger charge is 2.54. The van der Waals surface area contributed by atoms with Crippen LogP contribution in [0, 0.1) is 35.5 Å². The molecule has 0 heterocycles. The monoisotopic (exact) mass is 402 g/mol.